The quantitative estimate of drug-likeness (QED) is 0.374. The number of aryl methyl sites for hydroxylation is 1. The highest BCUT2D eigenvalue weighted by Crippen LogP contribution is 2.39. The minimum atomic E-state index is -0.526. The number of rotatable bonds is 5. The van der Waals surface area contributed by atoms with E-state index in [1.807, 2.05) is 73.6 Å². The number of aromatic amines is 1. The van der Waals surface area contributed by atoms with Crippen molar-refractivity contribution in [2.75, 3.05) is 26.1 Å². The Balaban J connectivity index is 1.80. The number of fused-ring (bicyclic) bond motifs is 1. The fourth-order valence-corrected chi connectivity index (χ4v) is 4.02. The molecule has 2 aromatic carbocycles. The molecule has 0 spiro atoms. The van der Waals surface area contributed by atoms with Gasteiger partial charge in [-0.05, 0) is 43.3 Å². The molecule has 0 radical (unpaired) electrons. The zero-order valence-corrected chi connectivity index (χ0v) is 19.8. The van der Waals surface area contributed by atoms with E-state index in [0.29, 0.717) is 28.7 Å². The second kappa shape index (κ2) is 8.64. The van der Waals surface area contributed by atoms with Gasteiger partial charge in [0.05, 0.1) is 18.2 Å². The number of aromatic hydroxyl groups is 1. The van der Waals surface area contributed by atoms with E-state index in [1.165, 1.54) is 6.07 Å². The van der Waals surface area contributed by atoms with E-state index in [-0.39, 0.29) is 5.76 Å². The molecule has 3 aromatic heterocycles. The first kappa shape index (κ1) is 22.2. The molecule has 0 fully saturated rings. The number of nitrogens with one attached hydrogen (secondary N) is 1. The Hall–Kier alpha value is -4.59. The number of methoxy groups -OCH3 is 1. The summed E-state index contributed by atoms with van der Waals surface area (Å²) in [7, 11) is 5.43. The van der Waals surface area contributed by atoms with Gasteiger partial charge in [-0.3, -0.25) is 4.79 Å². The maximum absolute atomic E-state index is 12.4. The second-order valence-corrected chi connectivity index (χ2v) is 8.38. The van der Waals surface area contributed by atoms with Crippen molar-refractivity contribution in [1.29, 1.82) is 0 Å². The molecule has 35 heavy (non-hydrogen) atoms. The number of hydrogen-bond acceptors (Lipinski definition) is 7. The van der Waals surface area contributed by atoms with Crippen LogP contribution in [0.5, 0.6) is 11.5 Å². The lowest BCUT2D eigenvalue weighted by Gasteiger charge is -2.16. The van der Waals surface area contributed by atoms with Crippen molar-refractivity contribution < 1.29 is 14.3 Å². The smallest absolute Gasteiger partial charge is 0.227 e. The van der Waals surface area contributed by atoms with Gasteiger partial charge in [-0.1, -0.05) is 18.2 Å². The highest BCUT2D eigenvalue weighted by Gasteiger charge is 2.24. The Morgan fingerprint density at radius 1 is 1.03 bits per heavy atom. The molecule has 176 valence electrons. The lowest BCUT2D eigenvalue weighted by atomic mass is 10.1. The Kier molecular flexibility index (Phi) is 5.49. The van der Waals surface area contributed by atoms with Crippen LogP contribution >= 0.6 is 0 Å². The fourth-order valence-electron chi connectivity index (χ4n) is 4.02. The van der Waals surface area contributed by atoms with Crippen molar-refractivity contribution in [3.63, 3.8) is 0 Å². The predicted octanol–water partition coefficient (Wildman–Crippen LogP) is 5.00. The zero-order chi connectivity index (χ0) is 24.7. The summed E-state index contributed by atoms with van der Waals surface area (Å²) >= 11 is 0. The molecule has 0 aliphatic rings. The fraction of sp³-hybridized carbons (Fsp3) is 0.148. The first-order chi connectivity index (χ1) is 16.9. The standard InChI is InChI=1S/C27H24N4O4/c1-15-13-21(32)24(33)25(35-15)23-22(16-9-11-18(34-4)12-10-16)29-26(30-23)19-14-17-7-5-6-8-20(17)28-27(19)31(2)3/h5-14,33H,1-4H3,(H,29,30). The molecule has 0 bridgehead atoms. The number of H-pyrrole nitrogens is 1. The first-order valence-corrected chi connectivity index (χ1v) is 11.0. The largest absolute Gasteiger partial charge is 0.501 e. The van der Waals surface area contributed by atoms with Crippen LogP contribution in [0.15, 0.2) is 69.9 Å². The molecule has 2 N–H and O–H groups in total. The number of imidazole rings is 1. The molecule has 0 saturated carbocycles. The van der Waals surface area contributed by atoms with Gasteiger partial charge in [0.2, 0.25) is 11.2 Å². The van der Waals surface area contributed by atoms with Crippen LogP contribution in [0.3, 0.4) is 0 Å². The molecular formula is C27H24N4O4. The van der Waals surface area contributed by atoms with Crippen LogP contribution < -0.4 is 15.1 Å². The van der Waals surface area contributed by atoms with Gasteiger partial charge < -0.3 is 24.1 Å². The average molecular weight is 469 g/mol. The maximum atomic E-state index is 12.4. The van der Waals surface area contributed by atoms with Crippen molar-refractivity contribution in [1.82, 2.24) is 15.0 Å². The molecular weight excluding hydrogens is 444 g/mol. The molecule has 0 amide bonds. The van der Waals surface area contributed by atoms with E-state index in [9.17, 15) is 9.90 Å². The first-order valence-electron chi connectivity index (χ1n) is 11.0. The highest BCUT2D eigenvalue weighted by molar-refractivity contribution is 5.90. The summed E-state index contributed by atoms with van der Waals surface area (Å²) in [5.41, 5.74) is 2.77. The van der Waals surface area contributed by atoms with Gasteiger partial charge in [-0.2, -0.15) is 0 Å². The van der Waals surface area contributed by atoms with Gasteiger partial charge in [0.15, 0.2) is 5.76 Å². The van der Waals surface area contributed by atoms with Crippen LogP contribution in [0.1, 0.15) is 5.76 Å². The third-order valence-electron chi connectivity index (χ3n) is 5.72. The third-order valence-corrected chi connectivity index (χ3v) is 5.72. The topological polar surface area (TPSA) is 104 Å². The van der Waals surface area contributed by atoms with Crippen molar-refractivity contribution in [3.8, 4) is 45.6 Å². The van der Waals surface area contributed by atoms with Crippen LogP contribution in [-0.2, 0) is 0 Å². The minimum absolute atomic E-state index is 0.0275. The van der Waals surface area contributed by atoms with Crippen LogP contribution in [-0.4, -0.2) is 41.3 Å². The van der Waals surface area contributed by atoms with Crippen LogP contribution in [0.4, 0.5) is 5.82 Å². The highest BCUT2D eigenvalue weighted by atomic mass is 16.5. The summed E-state index contributed by atoms with van der Waals surface area (Å²) in [6.07, 6.45) is 0. The lowest BCUT2D eigenvalue weighted by Crippen LogP contribution is -2.12. The van der Waals surface area contributed by atoms with Gasteiger partial charge in [0, 0.05) is 31.1 Å². The predicted molar refractivity (Wildman–Crippen MR) is 136 cm³/mol. The lowest BCUT2D eigenvalue weighted by molar-refractivity contribution is 0.415. The van der Waals surface area contributed by atoms with E-state index in [0.717, 1.165) is 27.8 Å². The van der Waals surface area contributed by atoms with E-state index in [4.69, 9.17) is 19.1 Å². The summed E-state index contributed by atoms with van der Waals surface area (Å²) in [6, 6.07) is 18.5. The molecule has 3 heterocycles. The number of aromatic nitrogens is 3. The van der Waals surface area contributed by atoms with Gasteiger partial charge in [0.25, 0.3) is 0 Å². The third kappa shape index (κ3) is 3.99. The van der Waals surface area contributed by atoms with Crippen LogP contribution in [0.25, 0.3) is 45.0 Å². The van der Waals surface area contributed by atoms with Gasteiger partial charge >= 0.3 is 0 Å². The maximum Gasteiger partial charge on any atom is 0.227 e. The summed E-state index contributed by atoms with van der Waals surface area (Å²) in [6.45, 7) is 1.66. The molecule has 0 aliphatic carbocycles. The molecule has 0 aliphatic heterocycles. The van der Waals surface area contributed by atoms with Crippen molar-refractivity contribution >= 4 is 16.7 Å². The van der Waals surface area contributed by atoms with Crippen molar-refractivity contribution in [2.24, 2.45) is 0 Å². The molecule has 0 unspecified atom stereocenters. The Morgan fingerprint density at radius 3 is 2.49 bits per heavy atom. The van der Waals surface area contributed by atoms with Crippen molar-refractivity contribution in [2.45, 2.75) is 6.92 Å². The summed E-state index contributed by atoms with van der Waals surface area (Å²) in [5.74, 6) is 1.87. The number of ether oxygens (including phenoxy) is 1. The summed E-state index contributed by atoms with van der Waals surface area (Å²) < 4.78 is 11.1. The second-order valence-electron chi connectivity index (χ2n) is 8.38. The molecule has 0 atom stereocenters. The van der Waals surface area contributed by atoms with Crippen LogP contribution in [0.2, 0.25) is 0 Å². The number of para-hydroxylation sites is 1. The monoisotopic (exact) mass is 468 g/mol. The molecule has 8 heteroatoms. The van der Waals surface area contributed by atoms with Crippen molar-refractivity contribution in [3.05, 3.63) is 76.6 Å². The number of pyridine rings is 1. The number of hydrogen-bond donors (Lipinski definition) is 2. The number of anilines is 1. The molecule has 0 saturated heterocycles. The minimum Gasteiger partial charge on any atom is -0.501 e. The van der Waals surface area contributed by atoms with Gasteiger partial charge in [-0.15, -0.1) is 0 Å². The molecule has 5 aromatic rings. The normalized spacial score (nSPS) is 11.1. The van der Waals surface area contributed by atoms with Gasteiger partial charge in [0.1, 0.15) is 34.5 Å². The Bertz CT molecular complexity index is 1600. The Labute approximate surface area is 201 Å². The average Bonchev–Trinajstić information content (AvgIpc) is 3.30. The van der Waals surface area contributed by atoms with E-state index >= 15 is 0 Å². The van der Waals surface area contributed by atoms with E-state index < -0.39 is 11.2 Å². The van der Waals surface area contributed by atoms with E-state index in [1.54, 1.807) is 14.0 Å². The number of benzene rings is 2. The molecule has 5 rings (SSSR count). The molecule has 8 nitrogen and oxygen atoms in total. The van der Waals surface area contributed by atoms with E-state index in [2.05, 4.69) is 4.98 Å². The summed E-state index contributed by atoms with van der Waals surface area (Å²) in [5, 5.41) is 11.6. The summed E-state index contributed by atoms with van der Waals surface area (Å²) in [4.78, 5) is 27.3. The SMILES string of the molecule is COc1ccc(-c2nc(-c3cc4ccccc4nc3N(C)C)[nH]c2-c2oc(C)cc(=O)c2O)cc1. The number of nitrogens with zero attached hydrogens (tertiary/aromatic N) is 3. The van der Waals surface area contributed by atoms with Crippen LogP contribution in [0, 0.1) is 6.92 Å². The zero-order valence-electron chi connectivity index (χ0n) is 19.8. The van der Waals surface area contributed by atoms with Gasteiger partial charge in [-0.25, -0.2) is 9.97 Å². The Morgan fingerprint density at radius 2 is 1.77 bits per heavy atom.